The number of rotatable bonds is 6. The minimum Gasteiger partial charge on any atom is -0.508 e. The van der Waals surface area contributed by atoms with E-state index in [1.54, 1.807) is 12.1 Å². The molecule has 5 heteroatoms. The van der Waals surface area contributed by atoms with Crippen LogP contribution in [0.4, 0.5) is 5.69 Å². The van der Waals surface area contributed by atoms with E-state index in [4.69, 9.17) is 0 Å². The Kier molecular flexibility index (Phi) is 7.26. The van der Waals surface area contributed by atoms with Gasteiger partial charge in [0.2, 0.25) is 0 Å². The maximum Gasteiger partial charge on any atom is 0.275 e. The molecule has 0 unspecified atom stereocenters. The van der Waals surface area contributed by atoms with Gasteiger partial charge in [-0.1, -0.05) is 32.9 Å². The van der Waals surface area contributed by atoms with Crippen LogP contribution >= 0.6 is 0 Å². The van der Waals surface area contributed by atoms with E-state index in [2.05, 4.69) is 57.0 Å². The smallest absolute Gasteiger partial charge is 0.275 e. The third-order valence-corrected chi connectivity index (χ3v) is 6.36. The zero-order valence-electron chi connectivity index (χ0n) is 19.7. The Balaban J connectivity index is 1.44. The average molecular weight is 425 g/mol. The second-order valence-corrected chi connectivity index (χ2v) is 9.87. The highest BCUT2D eigenvalue weighted by Crippen LogP contribution is 2.27. The third kappa shape index (κ3) is 6.23. The van der Waals surface area contributed by atoms with E-state index in [1.165, 1.54) is 27.2 Å². The third-order valence-electron chi connectivity index (χ3n) is 6.36. The maximum absolute atomic E-state index is 12.5. The minimum atomic E-state index is 0.134. The van der Waals surface area contributed by atoms with Crippen molar-refractivity contribution in [3.8, 4) is 5.75 Å². The molecule has 0 bridgehead atoms. The van der Waals surface area contributed by atoms with Crippen molar-refractivity contribution in [3.05, 3.63) is 58.7 Å². The fourth-order valence-corrected chi connectivity index (χ4v) is 4.36. The Bertz CT molecular complexity index is 869. The summed E-state index contributed by atoms with van der Waals surface area (Å²) >= 11 is 0. The number of aryl methyl sites for hydroxylation is 2. The molecule has 1 heterocycles. The number of carbonyl (C=O) groups excluding carboxylic acids is 1. The number of phenolic OH excluding ortho intramolecular Hbond substituents is 1. The molecule has 1 saturated heterocycles. The Hall–Kier alpha value is -2.53. The average Bonchev–Trinajstić information content (AvgIpc) is 2.70. The molecule has 0 aliphatic carbocycles. The molecule has 5 nitrogen and oxygen atoms in total. The largest absolute Gasteiger partial charge is 0.508 e. The number of piperazine rings is 1. The molecule has 0 atom stereocenters. The molecule has 3 rings (SSSR count). The summed E-state index contributed by atoms with van der Waals surface area (Å²) in [6.07, 6.45) is 0.873. The van der Waals surface area contributed by atoms with Crippen LogP contribution in [0.1, 0.15) is 43.0 Å². The van der Waals surface area contributed by atoms with Crippen LogP contribution in [0.25, 0.3) is 0 Å². The van der Waals surface area contributed by atoms with Crippen molar-refractivity contribution >= 4 is 11.6 Å². The number of hydrogen-bond donors (Lipinski definition) is 3. The SMILES string of the molecule is Cc1cc(C(C)(C)C)cc(C)c1CCNC(=O)C[NH+]1CCN(c2ccc(O)cc2)CC1. The molecule has 1 aliphatic heterocycles. The molecule has 0 aromatic heterocycles. The van der Waals surface area contributed by atoms with Gasteiger partial charge in [0.05, 0.1) is 26.2 Å². The minimum absolute atomic E-state index is 0.134. The Morgan fingerprint density at radius 2 is 1.65 bits per heavy atom. The first-order chi connectivity index (χ1) is 14.6. The standard InChI is InChI=1S/C26H37N3O2/c1-19-16-21(26(3,4)5)17-20(2)24(19)10-11-27-25(31)18-28-12-14-29(15-13-28)22-6-8-23(30)9-7-22/h6-9,16-17,30H,10-15,18H2,1-5H3,(H,27,31)/p+1. The van der Waals surface area contributed by atoms with Gasteiger partial charge in [0, 0.05) is 12.2 Å². The van der Waals surface area contributed by atoms with Crippen LogP contribution in [0.2, 0.25) is 0 Å². The summed E-state index contributed by atoms with van der Waals surface area (Å²) in [5.74, 6) is 0.426. The Labute approximate surface area is 187 Å². The summed E-state index contributed by atoms with van der Waals surface area (Å²) < 4.78 is 0. The highest BCUT2D eigenvalue weighted by atomic mass is 16.3. The summed E-state index contributed by atoms with van der Waals surface area (Å²) in [6.45, 7) is 16.0. The number of aromatic hydroxyl groups is 1. The van der Waals surface area contributed by atoms with Crippen molar-refractivity contribution in [2.24, 2.45) is 0 Å². The van der Waals surface area contributed by atoms with E-state index in [0.29, 0.717) is 18.8 Å². The second kappa shape index (κ2) is 9.73. The zero-order valence-corrected chi connectivity index (χ0v) is 19.7. The van der Waals surface area contributed by atoms with Crippen LogP contribution in [0.15, 0.2) is 36.4 Å². The Morgan fingerprint density at radius 1 is 1.06 bits per heavy atom. The quantitative estimate of drug-likeness (QED) is 0.667. The van der Waals surface area contributed by atoms with Crippen molar-refractivity contribution in [2.45, 2.75) is 46.5 Å². The lowest BCUT2D eigenvalue weighted by Crippen LogP contribution is -3.16. The van der Waals surface area contributed by atoms with Crippen LogP contribution in [-0.2, 0) is 16.6 Å². The predicted molar refractivity (Wildman–Crippen MR) is 127 cm³/mol. The van der Waals surface area contributed by atoms with Gasteiger partial charge in [-0.3, -0.25) is 4.79 Å². The van der Waals surface area contributed by atoms with Crippen molar-refractivity contribution in [1.82, 2.24) is 5.32 Å². The topological polar surface area (TPSA) is 57.0 Å². The second-order valence-electron chi connectivity index (χ2n) is 9.87. The Morgan fingerprint density at radius 3 is 2.19 bits per heavy atom. The van der Waals surface area contributed by atoms with E-state index in [0.717, 1.165) is 38.3 Å². The summed E-state index contributed by atoms with van der Waals surface area (Å²) in [5, 5.41) is 12.6. The fraction of sp³-hybridized carbons (Fsp3) is 0.500. The van der Waals surface area contributed by atoms with Gasteiger partial charge in [0.15, 0.2) is 6.54 Å². The van der Waals surface area contributed by atoms with Crippen molar-refractivity contribution in [1.29, 1.82) is 0 Å². The number of hydrogen-bond acceptors (Lipinski definition) is 3. The molecule has 31 heavy (non-hydrogen) atoms. The monoisotopic (exact) mass is 424 g/mol. The first-order valence-corrected chi connectivity index (χ1v) is 11.4. The zero-order chi connectivity index (χ0) is 22.6. The van der Waals surface area contributed by atoms with Crippen LogP contribution in [-0.4, -0.2) is 50.3 Å². The van der Waals surface area contributed by atoms with Gasteiger partial charge < -0.3 is 20.2 Å². The summed E-state index contributed by atoms with van der Waals surface area (Å²) in [4.78, 5) is 16.1. The summed E-state index contributed by atoms with van der Waals surface area (Å²) in [6, 6.07) is 11.9. The highest BCUT2D eigenvalue weighted by molar-refractivity contribution is 5.76. The van der Waals surface area contributed by atoms with Crippen LogP contribution in [0.3, 0.4) is 0 Å². The van der Waals surface area contributed by atoms with Crippen LogP contribution in [0, 0.1) is 13.8 Å². The van der Waals surface area contributed by atoms with Crippen LogP contribution < -0.4 is 15.1 Å². The van der Waals surface area contributed by atoms with Gasteiger partial charge in [-0.2, -0.15) is 0 Å². The molecule has 0 spiro atoms. The van der Waals surface area contributed by atoms with Gasteiger partial charge in [0.25, 0.3) is 5.91 Å². The molecule has 1 amide bonds. The molecular formula is C26H38N3O2+. The first kappa shape index (κ1) is 23.1. The van der Waals surface area contributed by atoms with Crippen molar-refractivity contribution in [2.75, 3.05) is 44.2 Å². The molecule has 1 fully saturated rings. The predicted octanol–water partition coefficient (Wildman–Crippen LogP) is 2.37. The fourth-order valence-electron chi connectivity index (χ4n) is 4.36. The van der Waals surface area contributed by atoms with Gasteiger partial charge in [-0.05, 0) is 72.2 Å². The molecule has 3 N–H and O–H groups in total. The molecule has 2 aromatic rings. The molecule has 1 aliphatic rings. The van der Waals surface area contributed by atoms with E-state index in [9.17, 15) is 9.90 Å². The lowest BCUT2D eigenvalue weighted by Gasteiger charge is -2.33. The number of nitrogens with zero attached hydrogens (tertiary/aromatic N) is 1. The van der Waals surface area contributed by atoms with E-state index in [1.807, 2.05) is 12.1 Å². The molecular weight excluding hydrogens is 386 g/mol. The maximum atomic E-state index is 12.5. The number of benzene rings is 2. The number of amides is 1. The number of carbonyl (C=O) groups is 1. The van der Waals surface area contributed by atoms with Gasteiger partial charge in [-0.15, -0.1) is 0 Å². The van der Waals surface area contributed by atoms with E-state index in [-0.39, 0.29) is 11.3 Å². The lowest BCUT2D eigenvalue weighted by atomic mass is 9.83. The van der Waals surface area contributed by atoms with Gasteiger partial charge in [-0.25, -0.2) is 0 Å². The number of phenols is 1. The van der Waals surface area contributed by atoms with Crippen molar-refractivity contribution in [3.63, 3.8) is 0 Å². The van der Waals surface area contributed by atoms with Gasteiger partial charge in [0.1, 0.15) is 5.75 Å². The lowest BCUT2D eigenvalue weighted by molar-refractivity contribution is -0.892. The number of nitrogens with one attached hydrogen (secondary N) is 2. The first-order valence-electron chi connectivity index (χ1n) is 11.4. The summed E-state index contributed by atoms with van der Waals surface area (Å²) in [5.41, 5.74) is 6.63. The van der Waals surface area contributed by atoms with Gasteiger partial charge >= 0.3 is 0 Å². The molecule has 0 saturated carbocycles. The molecule has 2 aromatic carbocycles. The van der Waals surface area contributed by atoms with E-state index < -0.39 is 0 Å². The van der Waals surface area contributed by atoms with E-state index >= 15 is 0 Å². The molecule has 168 valence electrons. The normalized spacial score (nSPS) is 15.2. The summed E-state index contributed by atoms with van der Waals surface area (Å²) in [7, 11) is 0. The number of quaternary nitrogens is 1. The highest BCUT2D eigenvalue weighted by Gasteiger charge is 2.22. The van der Waals surface area contributed by atoms with Crippen molar-refractivity contribution < 1.29 is 14.8 Å². The van der Waals surface area contributed by atoms with Crippen LogP contribution in [0.5, 0.6) is 5.75 Å². The number of anilines is 1. The molecule has 0 radical (unpaired) electrons.